The van der Waals surface area contributed by atoms with E-state index in [1.54, 1.807) is 30.5 Å². The summed E-state index contributed by atoms with van der Waals surface area (Å²) >= 11 is 3.46. The molecule has 10 heteroatoms. The largest absolute Gasteiger partial charge is 0.493 e. The lowest BCUT2D eigenvalue weighted by molar-refractivity contribution is -0.118. The number of nitrogens with zero attached hydrogens (tertiary/aromatic N) is 3. The van der Waals surface area contributed by atoms with Gasteiger partial charge in [0.25, 0.3) is 11.5 Å². The van der Waals surface area contributed by atoms with E-state index in [1.165, 1.54) is 36.4 Å². The van der Waals surface area contributed by atoms with Gasteiger partial charge >= 0.3 is 0 Å². The predicted molar refractivity (Wildman–Crippen MR) is 170 cm³/mol. The smallest absolute Gasteiger partial charge is 0.282 e. The predicted octanol–water partition coefficient (Wildman–Crippen LogP) is 6.98. The molecule has 0 spiro atoms. The van der Waals surface area contributed by atoms with Gasteiger partial charge in [0.15, 0.2) is 18.1 Å². The molecule has 0 atom stereocenters. The molecule has 1 aromatic heterocycles. The zero-order valence-electron chi connectivity index (χ0n) is 23.8. The molecule has 0 aliphatic heterocycles. The Morgan fingerprint density at radius 3 is 2.74 bits per heavy atom. The second kappa shape index (κ2) is 13.8. The third kappa shape index (κ3) is 7.19. The lowest BCUT2D eigenvalue weighted by Gasteiger charge is -2.22. The van der Waals surface area contributed by atoms with Crippen molar-refractivity contribution < 1.29 is 18.7 Å². The number of benzene rings is 3. The maximum atomic E-state index is 13.7. The topological polar surface area (TPSA) is 94.8 Å². The second-order valence-electron chi connectivity index (χ2n) is 10.4. The highest BCUT2D eigenvalue weighted by molar-refractivity contribution is 9.10. The summed E-state index contributed by atoms with van der Waals surface area (Å²) in [5.74, 6) is 0.676. The first-order valence-electron chi connectivity index (χ1n) is 14.1. The third-order valence-electron chi connectivity index (χ3n) is 7.32. The van der Waals surface area contributed by atoms with Gasteiger partial charge in [0.05, 0.1) is 24.2 Å². The quantitative estimate of drug-likeness (QED) is 0.148. The van der Waals surface area contributed by atoms with Crippen LogP contribution >= 0.6 is 15.9 Å². The van der Waals surface area contributed by atoms with Crippen molar-refractivity contribution in [3.63, 3.8) is 0 Å². The molecule has 1 aliphatic rings. The number of allylic oxidation sites excluding steroid dienone is 1. The second-order valence-corrected chi connectivity index (χ2v) is 11.3. The molecule has 4 aromatic rings. The molecular weight excluding hydrogens is 615 g/mol. The first-order chi connectivity index (χ1) is 20.9. The molecule has 43 heavy (non-hydrogen) atoms. The van der Waals surface area contributed by atoms with E-state index in [-0.39, 0.29) is 18.1 Å². The molecule has 5 rings (SSSR count). The van der Waals surface area contributed by atoms with E-state index in [9.17, 15) is 14.0 Å². The van der Waals surface area contributed by atoms with Crippen LogP contribution in [0.15, 0.2) is 81.6 Å². The van der Waals surface area contributed by atoms with Gasteiger partial charge in [-0.25, -0.2) is 9.37 Å². The van der Waals surface area contributed by atoms with Gasteiger partial charge < -0.3 is 14.8 Å². The van der Waals surface area contributed by atoms with Crippen molar-refractivity contribution in [1.82, 2.24) is 9.66 Å². The Morgan fingerprint density at radius 1 is 1.19 bits per heavy atom. The van der Waals surface area contributed by atoms with Gasteiger partial charge in [0, 0.05) is 21.6 Å². The van der Waals surface area contributed by atoms with E-state index in [0.29, 0.717) is 45.9 Å². The number of anilines is 1. The number of hydrogen-bond acceptors (Lipinski definition) is 6. The van der Waals surface area contributed by atoms with Gasteiger partial charge in [0.2, 0.25) is 0 Å². The van der Waals surface area contributed by atoms with Gasteiger partial charge in [-0.05, 0) is 73.4 Å². The van der Waals surface area contributed by atoms with Crippen molar-refractivity contribution in [3.8, 4) is 11.5 Å². The molecule has 1 N–H and O–H groups in total. The van der Waals surface area contributed by atoms with Gasteiger partial charge in [0.1, 0.15) is 11.6 Å². The number of methoxy groups -OCH3 is 1. The molecule has 1 saturated carbocycles. The molecule has 3 aromatic carbocycles. The molecule has 0 unspecified atom stereocenters. The number of halogens is 2. The van der Waals surface area contributed by atoms with Crippen LogP contribution in [0.2, 0.25) is 0 Å². The molecule has 8 nitrogen and oxygen atoms in total. The summed E-state index contributed by atoms with van der Waals surface area (Å²) in [5, 5.41) is 7.75. The van der Waals surface area contributed by atoms with Gasteiger partial charge in [-0.15, -0.1) is 6.58 Å². The van der Waals surface area contributed by atoms with Crippen LogP contribution in [0.1, 0.15) is 55.0 Å². The summed E-state index contributed by atoms with van der Waals surface area (Å²) < 4.78 is 27.2. The van der Waals surface area contributed by atoms with Crippen LogP contribution in [0.5, 0.6) is 11.5 Å². The van der Waals surface area contributed by atoms with Crippen molar-refractivity contribution in [3.05, 3.63) is 105 Å². The monoisotopic (exact) mass is 646 g/mol. The number of aromatic nitrogens is 2. The summed E-state index contributed by atoms with van der Waals surface area (Å²) in [4.78, 5) is 31.1. The number of nitrogens with one attached hydrogen (secondary N) is 1. The number of hydrogen-bond donors (Lipinski definition) is 1. The normalized spacial score (nSPS) is 13.7. The Hall–Kier alpha value is -4.31. The molecule has 1 amide bonds. The van der Waals surface area contributed by atoms with E-state index >= 15 is 0 Å². The Kier molecular flexibility index (Phi) is 9.66. The summed E-state index contributed by atoms with van der Waals surface area (Å²) in [6.45, 7) is 3.53. The molecule has 1 heterocycles. The first-order valence-corrected chi connectivity index (χ1v) is 14.9. The highest BCUT2D eigenvalue weighted by Crippen LogP contribution is 2.34. The highest BCUT2D eigenvalue weighted by atomic mass is 79.9. The molecule has 0 saturated heterocycles. The van der Waals surface area contributed by atoms with Gasteiger partial charge in [-0.2, -0.15) is 9.78 Å². The zero-order chi connectivity index (χ0) is 30.3. The fourth-order valence-electron chi connectivity index (χ4n) is 5.31. The summed E-state index contributed by atoms with van der Waals surface area (Å²) in [6.07, 6.45) is 9.02. The third-order valence-corrected chi connectivity index (χ3v) is 7.81. The van der Waals surface area contributed by atoms with E-state index in [1.807, 2.05) is 18.2 Å². The number of carbonyl (C=O) groups is 1. The number of rotatable bonds is 10. The van der Waals surface area contributed by atoms with Crippen molar-refractivity contribution in [2.24, 2.45) is 5.10 Å². The van der Waals surface area contributed by atoms with Crippen LogP contribution in [0.25, 0.3) is 10.9 Å². The SMILES string of the molecule is C=CCc1cc(C=Nn2c(C3CCCCC3)nc3ccc(Br)cc3c2=O)cc(OC)c1OCC(=O)Nc1cccc(F)c1. The lowest BCUT2D eigenvalue weighted by Crippen LogP contribution is -2.25. The minimum atomic E-state index is -0.452. The van der Waals surface area contributed by atoms with E-state index in [0.717, 1.165) is 35.7 Å². The van der Waals surface area contributed by atoms with E-state index in [4.69, 9.17) is 14.5 Å². The summed E-state index contributed by atoms with van der Waals surface area (Å²) in [5.41, 5.74) is 2.14. The van der Waals surface area contributed by atoms with Crippen LogP contribution < -0.4 is 20.3 Å². The number of carbonyl (C=O) groups excluding carboxylic acids is 1. The molecule has 1 fully saturated rings. The van der Waals surface area contributed by atoms with Crippen LogP contribution in [0.3, 0.4) is 0 Å². The Bertz CT molecular complexity index is 1750. The minimum Gasteiger partial charge on any atom is -0.493 e. The van der Waals surface area contributed by atoms with Crippen molar-refractivity contribution in [2.75, 3.05) is 19.0 Å². The van der Waals surface area contributed by atoms with E-state index in [2.05, 4.69) is 32.9 Å². The van der Waals surface area contributed by atoms with Gasteiger partial charge in [-0.1, -0.05) is 47.3 Å². The maximum absolute atomic E-state index is 13.7. The lowest BCUT2D eigenvalue weighted by atomic mass is 9.88. The molecule has 222 valence electrons. The average molecular weight is 648 g/mol. The van der Waals surface area contributed by atoms with Crippen LogP contribution in [0.4, 0.5) is 10.1 Å². The van der Waals surface area contributed by atoms with Crippen molar-refractivity contribution in [2.45, 2.75) is 44.4 Å². The zero-order valence-corrected chi connectivity index (χ0v) is 25.4. The Balaban J connectivity index is 1.46. The maximum Gasteiger partial charge on any atom is 0.282 e. The fraction of sp³-hybridized carbons (Fsp3) is 0.273. The summed E-state index contributed by atoms with van der Waals surface area (Å²) in [6, 6.07) is 14.7. The fourth-order valence-corrected chi connectivity index (χ4v) is 5.67. The van der Waals surface area contributed by atoms with Crippen LogP contribution in [0, 0.1) is 5.82 Å². The first kappa shape index (κ1) is 30.2. The number of fused-ring (bicyclic) bond motifs is 1. The van der Waals surface area contributed by atoms with Crippen LogP contribution in [-0.2, 0) is 11.2 Å². The van der Waals surface area contributed by atoms with Gasteiger partial charge in [-0.3, -0.25) is 9.59 Å². The minimum absolute atomic E-state index is 0.145. The standard InChI is InChI=1S/C33H32BrFN4O4/c1-3-8-23-15-21(16-29(42-2)31(23)43-20-30(40)37-26-12-7-11-25(35)18-26)19-36-39-32(22-9-5-4-6-10-22)38-28-14-13-24(34)17-27(28)33(39)41/h3,7,11-19,22H,1,4-6,8-10,20H2,2H3,(H,37,40). The average Bonchev–Trinajstić information content (AvgIpc) is 3.00. The molecule has 1 aliphatic carbocycles. The number of amides is 1. The Labute approximate surface area is 257 Å². The number of ether oxygens (including phenoxy) is 2. The summed E-state index contributed by atoms with van der Waals surface area (Å²) in [7, 11) is 1.50. The van der Waals surface area contributed by atoms with E-state index < -0.39 is 11.7 Å². The van der Waals surface area contributed by atoms with Crippen molar-refractivity contribution in [1.29, 1.82) is 0 Å². The molecule has 0 bridgehead atoms. The molecular formula is C33H32BrFN4O4. The molecule has 0 radical (unpaired) electrons. The Morgan fingerprint density at radius 2 is 2.00 bits per heavy atom. The van der Waals surface area contributed by atoms with Crippen LogP contribution in [-0.4, -0.2) is 35.5 Å². The highest BCUT2D eigenvalue weighted by Gasteiger charge is 2.23. The van der Waals surface area contributed by atoms with Crippen molar-refractivity contribution >= 4 is 44.6 Å².